The lowest BCUT2D eigenvalue weighted by atomic mass is 10.1. The van der Waals surface area contributed by atoms with Gasteiger partial charge in [0.2, 0.25) is 0 Å². The molecule has 0 aliphatic rings. The number of hydrogen-bond donors (Lipinski definition) is 0. The Morgan fingerprint density at radius 2 is 1.75 bits per heavy atom. The van der Waals surface area contributed by atoms with Crippen LogP contribution in [0.4, 0.5) is 8.78 Å². The number of hydrogen-bond acceptors (Lipinski definition) is 2. The lowest BCUT2D eigenvalue weighted by Gasteiger charge is -2.11. The van der Waals surface area contributed by atoms with Gasteiger partial charge in [-0.25, -0.2) is 8.78 Å². The Morgan fingerprint density at radius 3 is 2.45 bits per heavy atom. The highest BCUT2D eigenvalue weighted by Gasteiger charge is 2.11. The highest BCUT2D eigenvalue weighted by molar-refractivity contribution is 5.96. The van der Waals surface area contributed by atoms with Crippen molar-refractivity contribution in [2.45, 2.75) is 20.5 Å². The summed E-state index contributed by atoms with van der Waals surface area (Å²) < 4.78 is 31.8. The smallest absolute Gasteiger partial charge is 0.163 e. The molecule has 2 aromatic rings. The Balaban J connectivity index is 2.23. The van der Waals surface area contributed by atoms with Crippen molar-refractivity contribution in [2.75, 3.05) is 0 Å². The van der Waals surface area contributed by atoms with E-state index in [1.165, 1.54) is 31.2 Å². The van der Waals surface area contributed by atoms with E-state index in [0.717, 1.165) is 11.6 Å². The summed E-state index contributed by atoms with van der Waals surface area (Å²) in [6.45, 7) is 3.30. The Bertz CT molecular complexity index is 651. The van der Waals surface area contributed by atoms with Crippen molar-refractivity contribution in [3.8, 4) is 5.75 Å². The number of ether oxygens (including phenoxy) is 1. The lowest BCUT2D eigenvalue weighted by molar-refractivity contribution is 0.101. The largest absolute Gasteiger partial charge is 0.488 e. The number of halogens is 2. The van der Waals surface area contributed by atoms with Gasteiger partial charge in [-0.1, -0.05) is 6.07 Å². The second-order valence-electron chi connectivity index (χ2n) is 4.56. The molecule has 20 heavy (non-hydrogen) atoms. The number of aryl methyl sites for hydroxylation is 1. The van der Waals surface area contributed by atoms with Crippen LogP contribution in [0.1, 0.15) is 28.4 Å². The molecule has 0 saturated carbocycles. The minimum Gasteiger partial charge on any atom is -0.488 e. The van der Waals surface area contributed by atoms with Crippen molar-refractivity contribution in [3.05, 3.63) is 64.7 Å². The maximum atomic E-state index is 13.2. The molecule has 0 aliphatic carbocycles. The number of rotatable bonds is 4. The van der Waals surface area contributed by atoms with Crippen LogP contribution in [0, 0.1) is 18.6 Å². The van der Waals surface area contributed by atoms with Crippen LogP contribution < -0.4 is 4.74 Å². The van der Waals surface area contributed by atoms with Gasteiger partial charge in [0.05, 0.1) is 5.56 Å². The second kappa shape index (κ2) is 5.82. The fourth-order valence-electron chi connectivity index (χ4n) is 1.85. The molecule has 0 atom stereocenters. The van der Waals surface area contributed by atoms with Gasteiger partial charge in [-0.05, 0) is 55.3 Å². The van der Waals surface area contributed by atoms with Crippen molar-refractivity contribution in [1.29, 1.82) is 0 Å². The summed E-state index contributed by atoms with van der Waals surface area (Å²) in [5.74, 6) is -0.831. The minimum atomic E-state index is -0.496. The third-order valence-corrected chi connectivity index (χ3v) is 3.02. The molecular weight excluding hydrogens is 262 g/mol. The van der Waals surface area contributed by atoms with Gasteiger partial charge in [-0.2, -0.15) is 0 Å². The molecule has 0 saturated heterocycles. The zero-order valence-corrected chi connectivity index (χ0v) is 11.2. The Morgan fingerprint density at radius 1 is 1.10 bits per heavy atom. The van der Waals surface area contributed by atoms with Gasteiger partial charge in [0.25, 0.3) is 0 Å². The fourth-order valence-corrected chi connectivity index (χ4v) is 1.85. The number of Topliss-reactive ketones (excluding diaryl/α,β-unsaturated/α-hetero) is 1. The summed E-state index contributed by atoms with van der Waals surface area (Å²) in [5, 5.41) is 0. The van der Waals surface area contributed by atoms with E-state index in [1.807, 2.05) is 6.92 Å². The summed E-state index contributed by atoms with van der Waals surface area (Å²) in [4.78, 5) is 11.4. The van der Waals surface area contributed by atoms with E-state index in [2.05, 4.69) is 0 Å². The molecule has 2 rings (SSSR count). The molecule has 4 heteroatoms. The van der Waals surface area contributed by atoms with E-state index >= 15 is 0 Å². The predicted molar refractivity (Wildman–Crippen MR) is 71.9 cm³/mol. The molecule has 0 heterocycles. The molecule has 0 amide bonds. The van der Waals surface area contributed by atoms with Crippen LogP contribution in [-0.2, 0) is 6.61 Å². The molecule has 0 spiro atoms. The first-order valence-corrected chi connectivity index (χ1v) is 6.15. The summed E-state index contributed by atoms with van der Waals surface area (Å²) in [7, 11) is 0. The van der Waals surface area contributed by atoms with Crippen molar-refractivity contribution in [1.82, 2.24) is 0 Å². The molecular formula is C16H14F2O2. The molecule has 0 unspecified atom stereocenters. The normalized spacial score (nSPS) is 10.4. The highest BCUT2D eigenvalue weighted by atomic mass is 19.1. The van der Waals surface area contributed by atoms with Gasteiger partial charge in [0.15, 0.2) is 5.78 Å². The molecule has 0 fully saturated rings. The molecule has 0 aromatic heterocycles. The Kier molecular flexibility index (Phi) is 4.13. The van der Waals surface area contributed by atoms with E-state index in [0.29, 0.717) is 11.3 Å². The standard InChI is InChI=1S/C16H14F2O2/c1-10-3-4-13(17)7-12(10)9-20-16-6-5-14(18)8-15(16)11(2)19/h3-8H,9H2,1-2H3. The molecule has 2 nitrogen and oxygen atoms in total. The van der Waals surface area contributed by atoms with E-state index in [4.69, 9.17) is 4.74 Å². The van der Waals surface area contributed by atoms with E-state index in [9.17, 15) is 13.6 Å². The van der Waals surface area contributed by atoms with E-state index in [-0.39, 0.29) is 23.8 Å². The van der Waals surface area contributed by atoms with Crippen LogP contribution in [0.3, 0.4) is 0 Å². The van der Waals surface area contributed by atoms with Crippen molar-refractivity contribution >= 4 is 5.78 Å². The van der Waals surface area contributed by atoms with Crippen LogP contribution in [-0.4, -0.2) is 5.78 Å². The maximum absolute atomic E-state index is 13.2. The first-order valence-electron chi connectivity index (χ1n) is 6.15. The topological polar surface area (TPSA) is 26.3 Å². The molecule has 104 valence electrons. The number of carbonyl (C=O) groups excluding carboxylic acids is 1. The van der Waals surface area contributed by atoms with Crippen LogP contribution in [0.5, 0.6) is 5.75 Å². The van der Waals surface area contributed by atoms with Crippen LogP contribution >= 0.6 is 0 Å². The highest BCUT2D eigenvalue weighted by Crippen LogP contribution is 2.22. The molecule has 0 N–H and O–H groups in total. The fraction of sp³-hybridized carbons (Fsp3) is 0.188. The summed E-state index contributed by atoms with van der Waals surface area (Å²) in [6.07, 6.45) is 0. The summed E-state index contributed by atoms with van der Waals surface area (Å²) >= 11 is 0. The molecule has 0 radical (unpaired) electrons. The lowest BCUT2D eigenvalue weighted by Crippen LogP contribution is -2.03. The number of carbonyl (C=O) groups is 1. The molecule has 0 bridgehead atoms. The maximum Gasteiger partial charge on any atom is 0.163 e. The number of ketones is 1. The Hall–Kier alpha value is -2.23. The van der Waals surface area contributed by atoms with Crippen LogP contribution in [0.15, 0.2) is 36.4 Å². The third-order valence-electron chi connectivity index (χ3n) is 3.02. The van der Waals surface area contributed by atoms with Gasteiger partial charge in [-0.15, -0.1) is 0 Å². The van der Waals surface area contributed by atoms with Crippen LogP contribution in [0.25, 0.3) is 0 Å². The molecule has 0 aliphatic heterocycles. The van der Waals surface area contributed by atoms with Crippen LogP contribution in [0.2, 0.25) is 0 Å². The molecule has 2 aromatic carbocycles. The summed E-state index contributed by atoms with van der Waals surface area (Å²) in [5.41, 5.74) is 1.75. The first-order chi connectivity index (χ1) is 9.47. The van der Waals surface area contributed by atoms with Crippen molar-refractivity contribution in [3.63, 3.8) is 0 Å². The Labute approximate surface area is 116 Å². The van der Waals surface area contributed by atoms with Gasteiger partial charge >= 0.3 is 0 Å². The van der Waals surface area contributed by atoms with E-state index < -0.39 is 5.82 Å². The average Bonchev–Trinajstić information content (AvgIpc) is 2.40. The minimum absolute atomic E-state index is 0.121. The zero-order chi connectivity index (χ0) is 14.7. The van der Waals surface area contributed by atoms with Crippen molar-refractivity contribution in [2.24, 2.45) is 0 Å². The van der Waals surface area contributed by atoms with Gasteiger partial charge in [0.1, 0.15) is 24.0 Å². The second-order valence-corrected chi connectivity index (χ2v) is 4.56. The predicted octanol–water partition coefficient (Wildman–Crippen LogP) is 4.05. The number of benzene rings is 2. The quantitative estimate of drug-likeness (QED) is 0.787. The van der Waals surface area contributed by atoms with Gasteiger partial charge < -0.3 is 4.74 Å². The zero-order valence-electron chi connectivity index (χ0n) is 11.2. The van der Waals surface area contributed by atoms with Gasteiger partial charge in [0, 0.05) is 0 Å². The average molecular weight is 276 g/mol. The third kappa shape index (κ3) is 3.20. The van der Waals surface area contributed by atoms with Crippen molar-refractivity contribution < 1.29 is 18.3 Å². The first kappa shape index (κ1) is 14.2. The van der Waals surface area contributed by atoms with Gasteiger partial charge in [-0.3, -0.25) is 4.79 Å². The monoisotopic (exact) mass is 276 g/mol. The SMILES string of the molecule is CC(=O)c1cc(F)ccc1OCc1cc(F)ccc1C. The summed E-state index contributed by atoms with van der Waals surface area (Å²) in [6, 6.07) is 8.17. The van der Waals surface area contributed by atoms with E-state index in [1.54, 1.807) is 6.07 Å².